The van der Waals surface area contributed by atoms with Crippen molar-refractivity contribution in [2.75, 3.05) is 13.2 Å². The van der Waals surface area contributed by atoms with E-state index < -0.39 is 29.8 Å². The second-order valence-corrected chi connectivity index (χ2v) is 6.83. The lowest BCUT2D eigenvalue weighted by molar-refractivity contribution is -0.145. The minimum Gasteiger partial charge on any atom is -0.494 e. The molecule has 170 valence electrons. The first kappa shape index (κ1) is 24.4. The normalized spacial score (nSPS) is 11.1. The highest BCUT2D eigenvalue weighted by atomic mass is 16.5. The number of amides is 2. The third-order valence-corrected chi connectivity index (χ3v) is 4.29. The van der Waals surface area contributed by atoms with Gasteiger partial charge < -0.3 is 25.2 Å². The molecule has 2 amide bonds. The fraction of sp³-hybridized carbons (Fsp3) is 0.304. The zero-order chi connectivity index (χ0) is 23.2. The fourth-order valence-electron chi connectivity index (χ4n) is 2.64. The molecule has 0 unspecified atom stereocenters. The van der Waals surface area contributed by atoms with Gasteiger partial charge in [-0.1, -0.05) is 48.5 Å². The van der Waals surface area contributed by atoms with Gasteiger partial charge >= 0.3 is 11.9 Å². The minimum absolute atomic E-state index is 0.0792. The number of rotatable bonds is 13. The van der Waals surface area contributed by atoms with Crippen LogP contribution in [0.4, 0.5) is 0 Å². The van der Waals surface area contributed by atoms with Crippen molar-refractivity contribution >= 4 is 23.8 Å². The highest BCUT2D eigenvalue weighted by molar-refractivity contribution is 5.90. The van der Waals surface area contributed by atoms with Crippen LogP contribution in [-0.2, 0) is 30.5 Å². The minimum atomic E-state index is -1.12. The maximum atomic E-state index is 12.5. The van der Waals surface area contributed by atoms with Crippen LogP contribution >= 0.6 is 0 Å². The SMILES string of the molecule is O=C(O)CCC(=O)N[C@@H](CCOc1ccccc1)C(=O)NCC(=O)OCc1ccccc1. The van der Waals surface area contributed by atoms with Crippen LogP contribution in [0.2, 0.25) is 0 Å². The Labute approximate surface area is 185 Å². The van der Waals surface area contributed by atoms with E-state index >= 15 is 0 Å². The van der Waals surface area contributed by atoms with Crippen molar-refractivity contribution in [3.05, 3.63) is 66.2 Å². The molecule has 2 aromatic carbocycles. The predicted octanol–water partition coefficient (Wildman–Crippen LogP) is 1.66. The summed E-state index contributed by atoms with van der Waals surface area (Å²) >= 11 is 0. The summed E-state index contributed by atoms with van der Waals surface area (Å²) in [5, 5.41) is 13.7. The molecule has 3 N–H and O–H groups in total. The number of carbonyl (C=O) groups excluding carboxylic acids is 3. The van der Waals surface area contributed by atoms with Gasteiger partial charge in [0.2, 0.25) is 11.8 Å². The van der Waals surface area contributed by atoms with Crippen LogP contribution in [0.1, 0.15) is 24.8 Å². The highest BCUT2D eigenvalue weighted by Crippen LogP contribution is 2.09. The van der Waals surface area contributed by atoms with Crippen molar-refractivity contribution in [3.63, 3.8) is 0 Å². The quantitative estimate of drug-likeness (QED) is 0.402. The molecule has 0 aliphatic heterocycles. The average molecular weight is 442 g/mol. The van der Waals surface area contributed by atoms with Crippen molar-refractivity contribution in [2.45, 2.75) is 31.9 Å². The standard InChI is InChI=1S/C23H26N2O7/c26-20(11-12-21(27)28)25-19(13-14-31-18-9-5-2-6-10-18)23(30)24-15-22(29)32-16-17-7-3-1-4-8-17/h1-10,19H,11-16H2,(H,24,30)(H,25,26)(H,27,28)/t19-/m0/s1. The van der Waals surface area contributed by atoms with Gasteiger partial charge in [-0.25, -0.2) is 0 Å². The first-order chi connectivity index (χ1) is 15.4. The molecule has 0 saturated carbocycles. The van der Waals surface area contributed by atoms with Gasteiger partial charge in [-0.3, -0.25) is 19.2 Å². The van der Waals surface area contributed by atoms with Crippen LogP contribution in [0.5, 0.6) is 5.75 Å². The Kier molecular flexibility index (Phi) is 10.2. The molecule has 9 nitrogen and oxygen atoms in total. The lowest BCUT2D eigenvalue weighted by Gasteiger charge is -2.18. The van der Waals surface area contributed by atoms with E-state index in [-0.39, 0.29) is 39.0 Å². The van der Waals surface area contributed by atoms with E-state index in [1.165, 1.54) is 0 Å². The third-order valence-electron chi connectivity index (χ3n) is 4.29. The molecule has 0 heterocycles. The van der Waals surface area contributed by atoms with E-state index in [4.69, 9.17) is 14.6 Å². The van der Waals surface area contributed by atoms with E-state index in [1.54, 1.807) is 36.4 Å². The number of hydrogen-bond acceptors (Lipinski definition) is 6. The van der Waals surface area contributed by atoms with Gasteiger partial charge in [-0.05, 0) is 17.7 Å². The maximum absolute atomic E-state index is 12.5. The summed E-state index contributed by atoms with van der Waals surface area (Å²) in [6.45, 7) is -0.164. The first-order valence-electron chi connectivity index (χ1n) is 10.1. The molecule has 0 radical (unpaired) electrons. The second-order valence-electron chi connectivity index (χ2n) is 6.83. The van der Waals surface area contributed by atoms with E-state index in [0.29, 0.717) is 5.75 Å². The first-order valence-corrected chi connectivity index (χ1v) is 10.1. The number of aliphatic carboxylic acids is 1. The lowest BCUT2D eigenvalue weighted by atomic mass is 10.1. The van der Waals surface area contributed by atoms with E-state index in [9.17, 15) is 19.2 Å². The van der Waals surface area contributed by atoms with E-state index in [2.05, 4.69) is 10.6 Å². The van der Waals surface area contributed by atoms with Gasteiger partial charge in [0.05, 0.1) is 13.0 Å². The van der Waals surface area contributed by atoms with Gasteiger partial charge in [0.1, 0.15) is 24.9 Å². The number of esters is 1. The second kappa shape index (κ2) is 13.4. The van der Waals surface area contributed by atoms with E-state index in [1.807, 2.05) is 24.3 Å². The van der Waals surface area contributed by atoms with Gasteiger partial charge in [-0.15, -0.1) is 0 Å². The molecule has 9 heteroatoms. The molecule has 0 aromatic heterocycles. The Morgan fingerprint density at radius 3 is 2.22 bits per heavy atom. The zero-order valence-corrected chi connectivity index (χ0v) is 17.5. The number of para-hydroxylation sites is 1. The lowest BCUT2D eigenvalue weighted by Crippen LogP contribution is -2.48. The molecule has 0 spiro atoms. The molecule has 0 aliphatic carbocycles. The Morgan fingerprint density at radius 1 is 0.906 bits per heavy atom. The Morgan fingerprint density at radius 2 is 1.56 bits per heavy atom. The number of ether oxygens (including phenoxy) is 2. The maximum Gasteiger partial charge on any atom is 0.325 e. The summed E-state index contributed by atoms with van der Waals surface area (Å²) in [5.41, 5.74) is 0.814. The number of nitrogens with one attached hydrogen (secondary N) is 2. The summed E-state index contributed by atoms with van der Waals surface area (Å²) in [5.74, 6) is -2.32. The summed E-state index contributed by atoms with van der Waals surface area (Å²) in [6, 6.07) is 17.0. The average Bonchev–Trinajstić information content (AvgIpc) is 2.80. The largest absolute Gasteiger partial charge is 0.494 e. The molecule has 2 aromatic rings. The molecule has 32 heavy (non-hydrogen) atoms. The topological polar surface area (TPSA) is 131 Å². The molecular formula is C23H26N2O7. The fourth-order valence-corrected chi connectivity index (χ4v) is 2.64. The van der Waals surface area contributed by atoms with Crippen molar-refractivity contribution < 1.29 is 33.8 Å². The van der Waals surface area contributed by atoms with Crippen LogP contribution in [-0.4, -0.2) is 48.1 Å². The summed E-state index contributed by atoms with van der Waals surface area (Å²) in [4.78, 5) is 47.1. The number of benzene rings is 2. The Hall–Kier alpha value is -3.88. The molecule has 0 saturated heterocycles. The molecule has 0 bridgehead atoms. The predicted molar refractivity (Wildman–Crippen MR) is 115 cm³/mol. The number of carboxylic acid groups (broad SMARTS) is 1. The Bertz CT molecular complexity index is 888. The van der Waals surface area contributed by atoms with Gasteiger partial charge in [0, 0.05) is 12.8 Å². The molecule has 0 fully saturated rings. The van der Waals surface area contributed by atoms with Crippen molar-refractivity contribution in [1.29, 1.82) is 0 Å². The van der Waals surface area contributed by atoms with Gasteiger partial charge in [-0.2, -0.15) is 0 Å². The highest BCUT2D eigenvalue weighted by Gasteiger charge is 2.22. The molecule has 1 atom stereocenters. The van der Waals surface area contributed by atoms with Crippen LogP contribution in [0.15, 0.2) is 60.7 Å². The molecule has 0 aliphatic rings. The number of hydrogen-bond donors (Lipinski definition) is 3. The Balaban J connectivity index is 1.84. The summed E-state index contributed by atoms with van der Waals surface area (Å²) in [7, 11) is 0. The van der Waals surface area contributed by atoms with Crippen LogP contribution in [0.25, 0.3) is 0 Å². The zero-order valence-electron chi connectivity index (χ0n) is 17.5. The number of carboxylic acids is 1. The van der Waals surface area contributed by atoms with Crippen LogP contribution in [0.3, 0.4) is 0 Å². The number of carbonyl (C=O) groups is 4. The van der Waals surface area contributed by atoms with Crippen LogP contribution < -0.4 is 15.4 Å². The van der Waals surface area contributed by atoms with E-state index in [0.717, 1.165) is 5.56 Å². The third kappa shape index (κ3) is 9.75. The van der Waals surface area contributed by atoms with Gasteiger partial charge in [0.15, 0.2) is 0 Å². The van der Waals surface area contributed by atoms with Crippen molar-refractivity contribution in [1.82, 2.24) is 10.6 Å². The molecule has 2 rings (SSSR count). The van der Waals surface area contributed by atoms with Crippen molar-refractivity contribution in [2.24, 2.45) is 0 Å². The van der Waals surface area contributed by atoms with Crippen LogP contribution in [0, 0.1) is 0 Å². The monoisotopic (exact) mass is 442 g/mol. The smallest absolute Gasteiger partial charge is 0.325 e. The van der Waals surface area contributed by atoms with Crippen molar-refractivity contribution in [3.8, 4) is 5.75 Å². The molecular weight excluding hydrogens is 416 g/mol. The summed E-state index contributed by atoms with van der Waals surface area (Å²) < 4.78 is 10.7. The summed E-state index contributed by atoms with van der Waals surface area (Å²) in [6.07, 6.45) is -0.497. The van der Waals surface area contributed by atoms with Gasteiger partial charge in [0.25, 0.3) is 0 Å².